The van der Waals surface area contributed by atoms with E-state index < -0.39 is 0 Å². The minimum atomic E-state index is -0.0737. The second-order valence-electron chi connectivity index (χ2n) is 5.58. The van der Waals surface area contributed by atoms with Crippen LogP contribution in [0.2, 0.25) is 0 Å². The Morgan fingerprint density at radius 1 is 1.37 bits per heavy atom. The summed E-state index contributed by atoms with van der Waals surface area (Å²) in [7, 11) is 0. The molecule has 1 heterocycles. The van der Waals surface area contributed by atoms with Gasteiger partial charge in [-0.15, -0.1) is 0 Å². The highest BCUT2D eigenvalue weighted by Crippen LogP contribution is 2.13. The first-order chi connectivity index (χ1) is 9.20. The van der Waals surface area contributed by atoms with E-state index in [9.17, 15) is 4.39 Å². The Kier molecular flexibility index (Phi) is 5.34. The fourth-order valence-electron chi connectivity index (χ4n) is 2.81. The quantitative estimate of drug-likeness (QED) is 0.880. The average molecular weight is 264 g/mol. The van der Waals surface area contributed by atoms with Crippen LogP contribution in [-0.2, 0) is 6.42 Å². The number of benzene rings is 1. The van der Waals surface area contributed by atoms with Gasteiger partial charge >= 0.3 is 0 Å². The summed E-state index contributed by atoms with van der Waals surface area (Å²) in [5.41, 5.74) is 0.834. The number of piperazine rings is 1. The zero-order valence-electron chi connectivity index (χ0n) is 12.0. The molecule has 0 spiro atoms. The lowest BCUT2D eigenvalue weighted by atomic mass is 10.0. The van der Waals surface area contributed by atoms with Crippen molar-refractivity contribution in [1.82, 2.24) is 10.2 Å². The Hall–Kier alpha value is -0.930. The molecule has 1 aliphatic heterocycles. The number of hydrogen-bond donors (Lipinski definition) is 1. The predicted molar refractivity (Wildman–Crippen MR) is 77.8 cm³/mol. The van der Waals surface area contributed by atoms with E-state index >= 15 is 0 Å². The van der Waals surface area contributed by atoms with Gasteiger partial charge in [0.05, 0.1) is 0 Å². The first-order valence-corrected chi connectivity index (χ1v) is 7.41. The number of hydrogen-bond acceptors (Lipinski definition) is 2. The van der Waals surface area contributed by atoms with Gasteiger partial charge in [-0.05, 0) is 31.4 Å². The second-order valence-corrected chi connectivity index (χ2v) is 5.58. The van der Waals surface area contributed by atoms with E-state index in [1.807, 2.05) is 12.1 Å². The molecule has 2 rings (SSSR count). The van der Waals surface area contributed by atoms with Crippen molar-refractivity contribution in [3.05, 3.63) is 35.6 Å². The lowest BCUT2D eigenvalue weighted by Crippen LogP contribution is -2.55. The van der Waals surface area contributed by atoms with Gasteiger partial charge in [0, 0.05) is 31.7 Å². The summed E-state index contributed by atoms with van der Waals surface area (Å²) in [6.45, 7) is 7.55. The smallest absolute Gasteiger partial charge is 0.126 e. The molecule has 19 heavy (non-hydrogen) atoms. The zero-order chi connectivity index (χ0) is 13.7. The molecule has 1 saturated heterocycles. The van der Waals surface area contributed by atoms with Crippen molar-refractivity contribution in [2.45, 2.75) is 45.2 Å². The Morgan fingerprint density at radius 2 is 2.16 bits per heavy atom. The van der Waals surface area contributed by atoms with Crippen LogP contribution in [0.5, 0.6) is 0 Å². The van der Waals surface area contributed by atoms with Gasteiger partial charge in [-0.3, -0.25) is 4.90 Å². The molecule has 2 atom stereocenters. The Bertz CT molecular complexity index is 394. The van der Waals surface area contributed by atoms with Gasteiger partial charge in [0.15, 0.2) is 0 Å². The van der Waals surface area contributed by atoms with E-state index in [4.69, 9.17) is 0 Å². The molecule has 0 radical (unpaired) electrons. The Morgan fingerprint density at radius 3 is 2.89 bits per heavy atom. The first-order valence-electron chi connectivity index (χ1n) is 7.41. The molecule has 106 valence electrons. The van der Waals surface area contributed by atoms with Crippen molar-refractivity contribution < 1.29 is 4.39 Å². The van der Waals surface area contributed by atoms with Crippen molar-refractivity contribution >= 4 is 0 Å². The van der Waals surface area contributed by atoms with E-state index in [2.05, 4.69) is 24.1 Å². The van der Waals surface area contributed by atoms with Gasteiger partial charge in [0.1, 0.15) is 5.82 Å². The third kappa shape index (κ3) is 4.02. The monoisotopic (exact) mass is 264 g/mol. The molecule has 1 N–H and O–H groups in total. The van der Waals surface area contributed by atoms with Gasteiger partial charge in [-0.25, -0.2) is 4.39 Å². The highest BCUT2D eigenvalue weighted by Gasteiger charge is 2.23. The van der Waals surface area contributed by atoms with Crippen LogP contribution in [0.25, 0.3) is 0 Å². The van der Waals surface area contributed by atoms with E-state index in [1.165, 1.54) is 12.8 Å². The van der Waals surface area contributed by atoms with Crippen LogP contribution >= 0.6 is 0 Å². The zero-order valence-corrected chi connectivity index (χ0v) is 12.0. The average Bonchev–Trinajstić information content (AvgIpc) is 2.41. The standard InChI is InChI=1S/C16H25FN2/c1-3-6-15-12-19(13(2)11-18-15)10-9-14-7-4-5-8-16(14)17/h4-5,7-8,13,15,18H,3,6,9-12H2,1-2H3. The molecule has 0 amide bonds. The van der Waals surface area contributed by atoms with Crippen LogP contribution in [0, 0.1) is 5.82 Å². The summed E-state index contributed by atoms with van der Waals surface area (Å²) in [6.07, 6.45) is 3.24. The number of nitrogens with one attached hydrogen (secondary N) is 1. The molecule has 0 bridgehead atoms. The SMILES string of the molecule is CCCC1CN(CCc2ccccc2F)C(C)CN1. The maximum atomic E-state index is 13.6. The van der Waals surface area contributed by atoms with E-state index in [0.29, 0.717) is 12.1 Å². The minimum Gasteiger partial charge on any atom is -0.311 e. The summed E-state index contributed by atoms with van der Waals surface area (Å²) in [5.74, 6) is -0.0737. The molecular weight excluding hydrogens is 239 g/mol. The molecule has 3 heteroatoms. The largest absolute Gasteiger partial charge is 0.311 e. The van der Waals surface area contributed by atoms with Crippen LogP contribution in [-0.4, -0.2) is 36.6 Å². The van der Waals surface area contributed by atoms with E-state index in [-0.39, 0.29) is 5.82 Å². The molecular formula is C16H25FN2. The van der Waals surface area contributed by atoms with E-state index in [1.54, 1.807) is 12.1 Å². The fourth-order valence-corrected chi connectivity index (χ4v) is 2.81. The predicted octanol–water partition coefficient (Wildman–Crippen LogP) is 2.83. The van der Waals surface area contributed by atoms with Gasteiger partial charge in [0.25, 0.3) is 0 Å². The second kappa shape index (κ2) is 7.01. The van der Waals surface area contributed by atoms with Crippen molar-refractivity contribution in [2.24, 2.45) is 0 Å². The van der Waals surface area contributed by atoms with Crippen LogP contribution in [0.1, 0.15) is 32.3 Å². The highest BCUT2D eigenvalue weighted by molar-refractivity contribution is 5.17. The number of nitrogens with zero attached hydrogens (tertiary/aromatic N) is 1. The molecule has 2 nitrogen and oxygen atoms in total. The minimum absolute atomic E-state index is 0.0737. The van der Waals surface area contributed by atoms with Gasteiger partial charge in [-0.2, -0.15) is 0 Å². The van der Waals surface area contributed by atoms with Crippen LogP contribution in [0.4, 0.5) is 4.39 Å². The molecule has 0 aromatic heterocycles. The van der Waals surface area contributed by atoms with Crippen LogP contribution in [0.3, 0.4) is 0 Å². The molecule has 1 fully saturated rings. The molecule has 1 aliphatic rings. The summed E-state index contributed by atoms with van der Waals surface area (Å²) in [6, 6.07) is 8.26. The topological polar surface area (TPSA) is 15.3 Å². The maximum Gasteiger partial charge on any atom is 0.126 e. The van der Waals surface area contributed by atoms with E-state index in [0.717, 1.165) is 31.6 Å². The third-order valence-corrected chi connectivity index (χ3v) is 4.04. The van der Waals surface area contributed by atoms with Gasteiger partial charge in [-0.1, -0.05) is 31.5 Å². The molecule has 1 aromatic carbocycles. The highest BCUT2D eigenvalue weighted by atomic mass is 19.1. The van der Waals surface area contributed by atoms with Crippen molar-refractivity contribution in [3.8, 4) is 0 Å². The van der Waals surface area contributed by atoms with Crippen molar-refractivity contribution in [1.29, 1.82) is 0 Å². The summed E-state index contributed by atoms with van der Waals surface area (Å²) >= 11 is 0. The lowest BCUT2D eigenvalue weighted by molar-refractivity contribution is 0.138. The van der Waals surface area contributed by atoms with Crippen molar-refractivity contribution in [2.75, 3.05) is 19.6 Å². The van der Waals surface area contributed by atoms with Gasteiger partial charge in [0.2, 0.25) is 0 Å². The Labute approximate surface area is 116 Å². The molecule has 1 aromatic rings. The Balaban J connectivity index is 1.88. The third-order valence-electron chi connectivity index (χ3n) is 4.04. The lowest BCUT2D eigenvalue weighted by Gasteiger charge is -2.39. The first kappa shape index (κ1) is 14.5. The number of halogens is 1. The molecule has 0 saturated carbocycles. The molecule has 0 aliphatic carbocycles. The number of rotatable bonds is 5. The summed E-state index contributed by atoms with van der Waals surface area (Å²) < 4.78 is 13.6. The fraction of sp³-hybridized carbons (Fsp3) is 0.625. The molecule has 2 unspecified atom stereocenters. The summed E-state index contributed by atoms with van der Waals surface area (Å²) in [5, 5.41) is 3.59. The van der Waals surface area contributed by atoms with Crippen LogP contribution < -0.4 is 5.32 Å². The normalized spacial score (nSPS) is 24.6. The van der Waals surface area contributed by atoms with Gasteiger partial charge < -0.3 is 5.32 Å². The van der Waals surface area contributed by atoms with Crippen molar-refractivity contribution in [3.63, 3.8) is 0 Å². The maximum absolute atomic E-state index is 13.6. The van der Waals surface area contributed by atoms with Crippen LogP contribution in [0.15, 0.2) is 24.3 Å². The summed E-state index contributed by atoms with van der Waals surface area (Å²) in [4.78, 5) is 2.49.